The van der Waals surface area contributed by atoms with Gasteiger partial charge in [0.05, 0.1) is 5.69 Å². The molecule has 0 saturated heterocycles. The summed E-state index contributed by atoms with van der Waals surface area (Å²) in [5, 5.41) is 0. The first-order valence-electron chi connectivity index (χ1n) is 11.6. The zero-order valence-electron chi connectivity index (χ0n) is 19.3. The first-order valence-corrected chi connectivity index (χ1v) is 11.6. The molecular formula is C32H30N2. The van der Waals surface area contributed by atoms with Crippen LogP contribution in [0.1, 0.15) is 12.8 Å². The van der Waals surface area contributed by atoms with Gasteiger partial charge in [-0.15, -0.1) is 0 Å². The first-order chi connectivity index (χ1) is 16.8. The van der Waals surface area contributed by atoms with Crippen LogP contribution in [-0.4, -0.2) is 0 Å². The Kier molecular flexibility index (Phi) is 7.76. The second kappa shape index (κ2) is 11.5. The monoisotopic (exact) mass is 442 g/mol. The molecule has 0 bridgehead atoms. The fraction of sp³-hybridized carbons (Fsp3) is 0.0625. The second-order valence-corrected chi connectivity index (χ2v) is 8.01. The summed E-state index contributed by atoms with van der Waals surface area (Å²) >= 11 is 0. The number of hydrogen-bond donors (Lipinski definition) is 1. The maximum Gasteiger partial charge on any atom is 0.0540 e. The Hall–Kier alpha value is -4.30. The van der Waals surface area contributed by atoms with E-state index in [1.807, 2.05) is 36.4 Å². The van der Waals surface area contributed by atoms with E-state index in [4.69, 9.17) is 5.73 Å². The van der Waals surface area contributed by atoms with Gasteiger partial charge < -0.3 is 10.6 Å². The molecule has 0 radical (unpaired) electrons. The topological polar surface area (TPSA) is 29.3 Å². The van der Waals surface area contributed by atoms with Gasteiger partial charge in [0, 0.05) is 28.2 Å². The number of nitrogens with zero attached hydrogens (tertiary/aromatic N) is 1. The largest absolute Gasteiger partial charge is 0.398 e. The summed E-state index contributed by atoms with van der Waals surface area (Å²) in [7, 11) is 0. The minimum atomic E-state index is 0.760. The minimum absolute atomic E-state index is 0.760. The molecule has 168 valence electrons. The van der Waals surface area contributed by atoms with Crippen molar-refractivity contribution >= 4 is 17.1 Å². The van der Waals surface area contributed by atoms with Crippen molar-refractivity contribution < 1.29 is 0 Å². The fourth-order valence-corrected chi connectivity index (χ4v) is 4.03. The second-order valence-electron chi connectivity index (χ2n) is 8.01. The average Bonchev–Trinajstić information content (AvgIpc) is 3.16. The summed E-state index contributed by atoms with van der Waals surface area (Å²) in [6.07, 6.45) is 20.8. The molecule has 0 unspecified atom stereocenters. The van der Waals surface area contributed by atoms with Gasteiger partial charge in [0.1, 0.15) is 0 Å². The molecule has 1 aliphatic carbocycles. The van der Waals surface area contributed by atoms with Crippen molar-refractivity contribution in [3.63, 3.8) is 0 Å². The highest BCUT2D eigenvalue weighted by atomic mass is 15.1. The lowest BCUT2D eigenvalue weighted by Gasteiger charge is -2.29. The van der Waals surface area contributed by atoms with Crippen LogP contribution < -0.4 is 10.6 Å². The Morgan fingerprint density at radius 3 is 2.41 bits per heavy atom. The summed E-state index contributed by atoms with van der Waals surface area (Å²) in [5.41, 5.74) is 13.7. The van der Waals surface area contributed by atoms with E-state index in [1.165, 1.54) is 5.57 Å². The predicted molar refractivity (Wildman–Crippen MR) is 148 cm³/mol. The molecule has 0 aliphatic heterocycles. The third kappa shape index (κ3) is 5.54. The molecule has 3 aromatic rings. The number of nitrogen functional groups attached to an aromatic ring is 1. The number of allylic oxidation sites excluding steroid dienone is 10. The molecule has 0 atom stereocenters. The molecule has 1 aliphatic rings. The van der Waals surface area contributed by atoms with E-state index in [0.29, 0.717) is 0 Å². The lowest BCUT2D eigenvalue weighted by molar-refractivity contribution is 1.16. The SMILES string of the molecule is C=C/C=C\C(=C/CC1=CC=CCC=C1)N(c1ccccc1)c1ccccc1-c1ccccc1N. The zero-order valence-corrected chi connectivity index (χ0v) is 19.3. The smallest absolute Gasteiger partial charge is 0.0540 e. The van der Waals surface area contributed by atoms with Crippen LogP contribution in [-0.2, 0) is 0 Å². The van der Waals surface area contributed by atoms with Gasteiger partial charge in [0.15, 0.2) is 0 Å². The van der Waals surface area contributed by atoms with E-state index < -0.39 is 0 Å². The van der Waals surface area contributed by atoms with Gasteiger partial charge in [0.2, 0.25) is 0 Å². The maximum atomic E-state index is 6.41. The van der Waals surface area contributed by atoms with Crippen LogP contribution in [0.3, 0.4) is 0 Å². The van der Waals surface area contributed by atoms with Crippen LogP contribution in [0, 0.1) is 0 Å². The molecule has 2 N–H and O–H groups in total. The van der Waals surface area contributed by atoms with Gasteiger partial charge >= 0.3 is 0 Å². The van der Waals surface area contributed by atoms with Gasteiger partial charge in [-0.25, -0.2) is 0 Å². The van der Waals surface area contributed by atoms with Gasteiger partial charge in [0.25, 0.3) is 0 Å². The van der Waals surface area contributed by atoms with Crippen LogP contribution in [0.25, 0.3) is 11.1 Å². The van der Waals surface area contributed by atoms with E-state index >= 15 is 0 Å². The van der Waals surface area contributed by atoms with Gasteiger partial charge in [-0.1, -0.05) is 110 Å². The molecule has 34 heavy (non-hydrogen) atoms. The zero-order chi connectivity index (χ0) is 23.6. The van der Waals surface area contributed by atoms with E-state index in [-0.39, 0.29) is 0 Å². The highest BCUT2D eigenvalue weighted by molar-refractivity contribution is 5.89. The summed E-state index contributed by atoms with van der Waals surface area (Å²) in [6.45, 7) is 3.90. The number of benzene rings is 3. The van der Waals surface area contributed by atoms with Crippen molar-refractivity contribution in [1.82, 2.24) is 0 Å². The van der Waals surface area contributed by atoms with E-state index in [1.54, 1.807) is 0 Å². The Labute approximate surface area is 203 Å². The summed E-state index contributed by atoms with van der Waals surface area (Å²) in [4.78, 5) is 2.29. The molecule has 0 fully saturated rings. The highest BCUT2D eigenvalue weighted by Gasteiger charge is 2.18. The quantitative estimate of drug-likeness (QED) is 0.280. The average molecular weight is 443 g/mol. The van der Waals surface area contributed by atoms with Crippen LogP contribution >= 0.6 is 0 Å². The van der Waals surface area contributed by atoms with E-state index in [0.717, 1.165) is 46.7 Å². The fourth-order valence-electron chi connectivity index (χ4n) is 4.03. The minimum Gasteiger partial charge on any atom is -0.398 e. The Morgan fingerprint density at radius 2 is 1.62 bits per heavy atom. The number of anilines is 3. The lowest BCUT2D eigenvalue weighted by atomic mass is 10.00. The van der Waals surface area contributed by atoms with Crippen LogP contribution in [0.5, 0.6) is 0 Å². The third-order valence-corrected chi connectivity index (χ3v) is 5.67. The van der Waals surface area contributed by atoms with E-state index in [2.05, 4.69) is 109 Å². The van der Waals surface area contributed by atoms with Crippen molar-refractivity contribution in [1.29, 1.82) is 0 Å². The molecule has 2 nitrogen and oxygen atoms in total. The molecule has 0 spiro atoms. The number of hydrogen-bond acceptors (Lipinski definition) is 2. The highest BCUT2D eigenvalue weighted by Crippen LogP contribution is 2.40. The summed E-state index contributed by atoms with van der Waals surface area (Å²) in [6, 6.07) is 26.9. The van der Waals surface area contributed by atoms with Crippen LogP contribution in [0.4, 0.5) is 17.1 Å². The molecule has 3 aromatic carbocycles. The van der Waals surface area contributed by atoms with Gasteiger partial charge in [-0.05, 0) is 48.8 Å². The Bertz CT molecular complexity index is 1270. The van der Waals surface area contributed by atoms with Crippen molar-refractivity contribution in [2.24, 2.45) is 0 Å². The van der Waals surface area contributed by atoms with E-state index in [9.17, 15) is 0 Å². The predicted octanol–water partition coefficient (Wildman–Crippen LogP) is 8.53. The van der Waals surface area contributed by atoms with Crippen molar-refractivity contribution in [3.8, 4) is 11.1 Å². The van der Waals surface area contributed by atoms with Crippen molar-refractivity contribution in [2.75, 3.05) is 10.6 Å². The third-order valence-electron chi connectivity index (χ3n) is 5.67. The molecule has 2 heteroatoms. The molecular weight excluding hydrogens is 412 g/mol. The first kappa shape index (κ1) is 22.9. The normalized spacial score (nSPS) is 13.5. The molecule has 4 rings (SSSR count). The lowest BCUT2D eigenvalue weighted by Crippen LogP contribution is -2.16. The van der Waals surface area contributed by atoms with Gasteiger partial charge in [-0.3, -0.25) is 0 Å². The summed E-state index contributed by atoms with van der Waals surface area (Å²) in [5.74, 6) is 0. The standard InChI is InChI=1S/C32H30N2/c1-2-3-17-28(25-24-26-15-7-4-5-8-16-26)34(27-18-9-6-10-19-27)32-23-14-12-21-30(32)29-20-11-13-22-31(29)33/h2-4,6-23,25H,1,5,24,33H2/b17-3-,28-25+. The van der Waals surface area contributed by atoms with Crippen molar-refractivity contribution in [2.45, 2.75) is 12.8 Å². The Balaban J connectivity index is 1.88. The Morgan fingerprint density at radius 1 is 0.882 bits per heavy atom. The molecule has 0 saturated carbocycles. The molecule has 0 amide bonds. The molecule has 0 heterocycles. The maximum absolute atomic E-state index is 6.41. The van der Waals surface area contributed by atoms with Crippen LogP contribution in [0.15, 0.2) is 151 Å². The van der Waals surface area contributed by atoms with Crippen LogP contribution in [0.2, 0.25) is 0 Å². The summed E-state index contributed by atoms with van der Waals surface area (Å²) < 4.78 is 0. The van der Waals surface area contributed by atoms with Crippen molar-refractivity contribution in [3.05, 3.63) is 151 Å². The molecule has 0 aromatic heterocycles. The number of nitrogens with two attached hydrogens (primary N) is 1. The van der Waals surface area contributed by atoms with Gasteiger partial charge in [-0.2, -0.15) is 0 Å². The number of para-hydroxylation sites is 3. The number of rotatable bonds is 8.